The van der Waals surface area contributed by atoms with Crippen LogP contribution in [0.3, 0.4) is 0 Å². The molecule has 1 aromatic carbocycles. The van der Waals surface area contributed by atoms with Crippen LogP contribution in [0.25, 0.3) is 0 Å². The SMILES string of the molecule is CC(C1CC1)N(C)c1cccc(Br)c1/C(N)=N/O. The molecule has 3 N–H and O–H groups in total. The van der Waals surface area contributed by atoms with E-state index in [-0.39, 0.29) is 5.84 Å². The molecule has 1 aromatic rings. The minimum atomic E-state index is 0.132. The second-order valence-electron chi connectivity index (χ2n) is 4.81. The molecule has 5 heteroatoms. The van der Waals surface area contributed by atoms with Gasteiger partial charge in [0.1, 0.15) is 0 Å². The summed E-state index contributed by atoms with van der Waals surface area (Å²) in [7, 11) is 2.05. The Morgan fingerprint density at radius 3 is 2.78 bits per heavy atom. The van der Waals surface area contributed by atoms with Crippen molar-refractivity contribution in [2.24, 2.45) is 16.8 Å². The third-order valence-electron chi connectivity index (χ3n) is 3.65. The fourth-order valence-electron chi connectivity index (χ4n) is 2.22. The van der Waals surface area contributed by atoms with Crippen molar-refractivity contribution in [2.45, 2.75) is 25.8 Å². The van der Waals surface area contributed by atoms with Crippen LogP contribution in [0.15, 0.2) is 27.8 Å². The summed E-state index contributed by atoms with van der Waals surface area (Å²) < 4.78 is 0.838. The number of hydrogen-bond donors (Lipinski definition) is 2. The van der Waals surface area contributed by atoms with E-state index in [1.807, 2.05) is 18.2 Å². The number of nitrogens with two attached hydrogens (primary N) is 1. The molecule has 1 fully saturated rings. The minimum absolute atomic E-state index is 0.132. The van der Waals surface area contributed by atoms with Crippen molar-refractivity contribution in [1.29, 1.82) is 0 Å². The highest BCUT2D eigenvalue weighted by Gasteiger charge is 2.31. The average Bonchev–Trinajstić information content (AvgIpc) is 3.20. The smallest absolute Gasteiger partial charge is 0.173 e. The molecule has 0 aromatic heterocycles. The fourth-order valence-corrected chi connectivity index (χ4v) is 2.78. The molecule has 0 radical (unpaired) electrons. The van der Waals surface area contributed by atoms with Crippen LogP contribution in [0.2, 0.25) is 0 Å². The summed E-state index contributed by atoms with van der Waals surface area (Å²) in [4.78, 5) is 2.20. The largest absolute Gasteiger partial charge is 0.409 e. The lowest BCUT2D eigenvalue weighted by molar-refractivity contribution is 0.318. The van der Waals surface area contributed by atoms with Crippen LogP contribution in [-0.2, 0) is 0 Å². The topological polar surface area (TPSA) is 61.8 Å². The minimum Gasteiger partial charge on any atom is -0.409 e. The molecule has 0 saturated heterocycles. The van der Waals surface area contributed by atoms with Crippen LogP contribution in [0.4, 0.5) is 5.69 Å². The first-order chi connectivity index (χ1) is 8.56. The predicted octanol–water partition coefficient (Wildman–Crippen LogP) is 2.78. The van der Waals surface area contributed by atoms with Gasteiger partial charge in [0.2, 0.25) is 0 Å². The lowest BCUT2D eigenvalue weighted by Crippen LogP contribution is -2.32. The zero-order valence-corrected chi connectivity index (χ0v) is 12.2. The molecule has 0 aliphatic heterocycles. The molecule has 1 unspecified atom stereocenters. The molecule has 18 heavy (non-hydrogen) atoms. The third-order valence-corrected chi connectivity index (χ3v) is 4.31. The van der Waals surface area contributed by atoms with Crippen LogP contribution in [0.5, 0.6) is 0 Å². The second-order valence-corrected chi connectivity index (χ2v) is 5.66. The highest BCUT2D eigenvalue weighted by molar-refractivity contribution is 9.10. The van der Waals surface area contributed by atoms with Gasteiger partial charge in [-0.15, -0.1) is 0 Å². The normalized spacial score (nSPS) is 17.6. The Morgan fingerprint density at radius 2 is 2.22 bits per heavy atom. The van der Waals surface area contributed by atoms with E-state index >= 15 is 0 Å². The summed E-state index contributed by atoms with van der Waals surface area (Å²) in [6.45, 7) is 2.22. The molecule has 1 aliphatic carbocycles. The molecule has 98 valence electrons. The highest BCUT2D eigenvalue weighted by atomic mass is 79.9. The molecule has 0 heterocycles. The van der Waals surface area contributed by atoms with Gasteiger partial charge in [-0.3, -0.25) is 0 Å². The number of anilines is 1. The van der Waals surface area contributed by atoms with Gasteiger partial charge in [0, 0.05) is 23.2 Å². The lowest BCUT2D eigenvalue weighted by Gasteiger charge is -2.29. The van der Waals surface area contributed by atoms with Gasteiger partial charge in [0.15, 0.2) is 5.84 Å². The lowest BCUT2D eigenvalue weighted by atomic mass is 10.1. The maximum Gasteiger partial charge on any atom is 0.173 e. The Kier molecular flexibility index (Phi) is 3.80. The van der Waals surface area contributed by atoms with E-state index in [2.05, 4.69) is 40.0 Å². The summed E-state index contributed by atoms with van der Waals surface area (Å²) in [6.07, 6.45) is 2.58. The Balaban J connectivity index is 2.40. The monoisotopic (exact) mass is 311 g/mol. The molecule has 1 saturated carbocycles. The van der Waals surface area contributed by atoms with E-state index in [4.69, 9.17) is 10.9 Å². The van der Waals surface area contributed by atoms with Crippen molar-refractivity contribution >= 4 is 27.5 Å². The zero-order valence-electron chi connectivity index (χ0n) is 10.6. The number of benzene rings is 1. The molecular formula is C13H18BrN3O. The quantitative estimate of drug-likeness (QED) is 0.389. The van der Waals surface area contributed by atoms with E-state index in [0.29, 0.717) is 6.04 Å². The maximum atomic E-state index is 8.90. The van der Waals surface area contributed by atoms with E-state index in [1.54, 1.807) is 0 Å². The van der Waals surface area contributed by atoms with Crippen molar-refractivity contribution in [1.82, 2.24) is 0 Å². The Hall–Kier alpha value is -1.23. The van der Waals surface area contributed by atoms with Crippen LogP contribution in [0, 0.1) is 5.92 Å². The zero-order chi connectivity index (χ0) is 13.3. The standard InChI is InChI=1S/C13H18BrN3O/c1-8(9-6-7-9)17(2)11-5-3-4-10(14)12(11)13(15)16-18/h3-5,8-9,18H,6-7H2,1-2H3,(H2,15,16). The van der Waals surface area contributed by atoms with Gasteiger partial charge >= 0.3 is 0 Å². The first-order valence-electron chi connectivity index (χ1n) is 6.05. The number of amidine groups is 1. The van der Waals surface area contributed by atoms with Crippen LogP contribution in [-0.4, -0.2) is 24.1 Å². The van der Waals surface area contributed by atoms with Gasteiger partial charge < -0.3 is 15.8 Å². The molecule has 4 nitrogen and oxygen atoms in total. The van der Waals surface area contributed by atoms with E-state index in [9.17, 15) is 0 Å². The Bertz CT molecular complexity index is 471. The van der Waals surface area contributed by atoms with Gasteiger partial charge in [-0.05, 0) is 53.7 Å². The van der Waals surface area contributed by atoms with Gasteiger partial charge in [-0.25, -0.2) is 0 Å². The Morgan fingerprint density at radius 1 is 1.56 bits per heavy atom. The van der Waals surface area contributed by atoms with Crippen LogP contribution in [0.1, 0.15) is 25.3 Å². The van der Waals surface area contributed by atoms with Crippen molar-refractivity contribution in [3.05, 3.63) is 28.2 Å². The number of oxime groups is 1. The summed E-state index contributed by atoms with van der Waals surface area (Å²) >= 11 is 3.46. The van der Waals surface area contributed by atoms with Crippen LogP contribution >= 0.6 is 15.9 Å². The number of rotatable bonds is 4. The predicted molar refractivity (Wildman–Crippen MR) is 77.2 cm³/mol. The maximum absolute atomic E-state index is 8.90. The number of nitrogens with zero attached hydrogens (tertiary/aromatic N) is 2. The summed E-state index contributed by atoms with van der Waals surface area (Å²) in [5, 5.41) is 12.0. The summed E-state index contributed by atoms with van der Waals surface area (Å²) in [6, 6.07) is 6.32. The van der Waals surface area contributed by atoms with Gasteiger partial charge in [-0.2, -0.15) is 0 Å². The van der Waals surface area contributed by atoms with E-state index in [0.717, 1.165) is 21.6 Å². The van der Waals surface area contributed by atoms with E-state index < -0.39 is 0 Å². The van der Waals surface area contributed by atoms with Gasteiger partial charge in [0.05, 0.1) is 5.56 Å². The van der Waals surface area contributed by atoms with Crippen molar-refractivity contribution in [3.63, 3.8) is 0 Å². The van der Waals surface area contributed by atoms with Crippen LogP contribution < -0.4 is 10.6 Å². The van der Waals surface area contributed by atoms with Crippen molar-refractivity contribution in [2.75, 3.05) is 11.9 Å². The van der Waals surface area contributed by atoms with Crippen molar-refractivity contribution < 1.29 is 5.21 Å². The van der Waals surface area contributed by atoms with Gasteiger partial charge in [0.25, 0.3) is 0 Å². The highest BCUT2D eigenvalue weighted by Crippen LogP contribution is 2.38. The molecular weight excluding hydrogens is 294 g/mol. The van der Waals surface area contributed by atoms with Crippen molar-refractivity contribution in [3.8, 4) is 0 Å². The Labute approximate surface area is 116 Å². The second kappa shape index (κ2) is 5.18. The summed E-state index contributed by atoms with van der Waals surface area (Å²) in [5.41, 5.74) is 7.50. The average molecular weight is 312 g/mol. The summed E-state index contributed by atoms with van der Waals surface area (Å²) in [5.74, 6) is 0.890. The fraction of sp³-hybridized carbons (Fsp3) is 0.462. The number of halogens is 1. The molecule has 2 rings (SSSR count). The molecule has 0 bridgehead atoms. The van der Waals surface area contributed by atoms with E-state index in [1.165, 1.54) is 12.8 Å². The third kappa shape index (κ3) is 2.46. The van der Waals surface area contributed by atoms with Gasteiger partial charge in [-0.1, -0.05) is 11.2 Å². The molecule has 0 spiro atoms. The molecule has 0 amide bonds. The number of hydrogen-bond acceptors (Lipinski definition) is 3. The first kappa shape index (κ1) is 13.2. The first-order valence-corrected chi connectivity index (χ1v) is 6.84. The molecule has 1 atom stereocenters. The molecule has 1 aliphatic rings.